The van der Waals surface area contributed by atoms with Gasteiger partial charge in [0.2, 0.25) is 0 Å². The number of carbonyl (C=O) groups is 1. The van der Waals surface area contributed by atoms with Crippen molar-refractivity contribution in [2.75, 3.05) is 0 Å². The maximum Gasteiger partial charge on any atom is 0.153 e. The van der Waals surface area contributed by atoms with Crippen LogP contribution < -0.4 is 4.74 Å². The van der Waals surface area contributed by atoms with Gasteiger partial charge in [0.25, 0.3) is 0 Å². The number of rotatable bonds is 8. The van der Waals surface area contributed by atoms with Gasteiger partial charge >= 0.3 is 0 Å². The first-order chi connectivity index (χ1) is 15.8. The van der Waals surface area contributed by atoms with E-state index in [0.717, 1.165) is 44.4 Å². The average molecular weight is 458 g/mol. The van der Waals surface area contributed by atoms with Crippen LogP contribution in [0.4, 0.5) is 0 Å². The number of carbonyl (C=O) groups excluding carboxylic acids is 1. The monoisotopic (exact) mass is 457 g/mol. The molecule has 0 amide bonds. The van der Waals surface area contributed by atoms with Gasteiger partial charge in [-0.15, -0.1) is 22.7 Å². The van der Waals surface area contributed by atoms with Crippen molar-refractivity contribution in [2.24, 2.45) is 0 Å². The number of nitrogens with zero attached hydrogens (tertiary/aromatic N) is 3. The first kappa shape index (κ1) is 20.4. The summed E-state index contributed by atoms with van der Waals surface area (Å²) in [5, 5.41) is 9.61. The Morgan fingerprint density at radius 3 is 2.56 bits per heavy atom. The average Bonchev–Trinajstić information content (AvgIpc) is 3.60. The largest absolute Gasteiger partial charge is 0.487 e. The maximum absolute atomic E-state index is 11.4. The lowest BCUT2D eigenvalue weighted by atomic mass is 10.2. The Labute approximate surface area is 193 Å². The number of benzene rings is 2. The molecule has 32 heavy (non-hydrogen) atoms. The van der Waals surface area contributed by atoms with E-state index in [1.54, 1.807) is 33.6 Å². The van der Waals surface area contributed by atoms with E-state index in [1.807, 2.05) is 65.4 Å². The van der Waals surface area contributed by atoms with Gasteiger partial charge in [-0.25, -0.2) is 4.98 Å². The van der Waals surface area contributed by atoms with Gasteiger partial charge in [0, 0.05) is 17.1 Å². The Morgan fingerprint density at radius 2 is 1.81 bits per heavy atom. The molecule has 5 aromatic rings. The van der Waals surface area contributed by atoms with E-state index >= 15 is 0 Å². The lowest BCUT2D eigenvalue weighted by Crippen LogP contribution is -2.01. The second kappa shape index (κ2) is 9.30. The molecule has 0 fully saturated rings. The summed E-state index contributed by atoms with van der Waals surface area (Å²) < 4.78 is 7.71. The minimum absolute atomic E-state index is 0.425. The van der Waals surface area contributed by atoms with Crippen molar-refractivity contribution in [3.63, 3.8) is 0 Å². The predicted octanol–water partition coefficient (Wildman–Crippen LogP) is 6.17. The highest BCUT2D eigenvalue weighted by molar-refractivity contribution is 7.13. The smallest absolute Gasteiger partial charge is 0.153 e. The summed E-state index contributed by atoms with van der Waals surface area (Å²) in [7, 11) is 0. The van der Waals surface area contributed by atoms with Gasteiger partial charge in [-0.05, 0) is 29.1 Å². The van der Waals surface area contributed by atoms with Crippen molar-refractivity contribution < 1.29 is 9.53 Å². The van der Waals surface area contributed by atoms with E-state index in [4.69, 9.17) is 4.74 Å². The second-order valence-electron chi connectivity index (χ2n) is 7.17. The molecule has 0 bridgehead atoms. The molecule has 0 saturated carbocycles. The molecule has 0 aliphatic carbocycles. The van der Waals surface area contributed by atoms with Crippen LogP contribution in [-0.2, 0) is 13.2 Å². The maximum atomic E-state index is 11.4. The van der Waals surface area contributed by atoms with E-state index < -0.39 is 0 Å². The molecule has 5 rings (SSSR count). The topological polar surface area (TPSA) is 57.0 Å². The Balaban J connectivity index is 1.22. The van der Waals surface area contributed by atoms with E-state index in [0.29, 0.717) is 18.7 Å². The first-order valence-corrected chi connectivity index (χ1v) is 11.8. The van der Waals surface area contributed by atoms with Crippen LogP contribution in [0.5, 0.6) is 5.75 Å². The normalized spacial score (nSPS) is 10.9. The molecule has 3 heterocycles. The Morgan fingerprint density at radius 1 is 0.969 bits per heavy atom. The van der Waals surface area contributed by atoms with Crippen molar-refractivity contribution in [2.45, 2.75) is 13.2 Å². The summed E-state index contributed by atoms with van der Waals surface area (Å²) in [4.78, 5) is 17.1. The fraction of sp³-hybridized carbons (Fsp3) is 0.0800. The van der Waals surface area contributed by atoms with Crippen LogP contribution in [0.2, 0.25) is 0 Å². The Bertz CT molecular complexity index is 1310. The lowest BCUT2D eigenvalue weighted by molar-refractivity contribution is 0.112. The number of thiazole rings is 1. The number of thiophene rings is 1. The van der Waals surface area contributed by atoms with Crippen molar-refractivity contribution in [1.82, 2.24) is 14.8 Å². The third kappa shape index (κ3) is 4.54. The molecule has 3 aromatic heterocycles. The quantitative estimate of drug-likeness (QED) is 0.261. The summed E-state index contributed by atoms with van der Waals surface area (Å²) in [5.74, 6) is 0.788. The molecular weight excluding hydrogens is 438 g/mol. The van der Waals surface area contributed by atoms with E-state index in [1.165, 1.54) is 0 Å². The Hall–Kier alpha value is -3.55. The number of hydrogen-bond donors (Lipinski definition) is 0. The van der Waals surface area contributed by atoms with Crippen LogP contribution >= 0.6 is 22.7 Å². The fourth-order valence-electron chi connectivity index (χ4n) is 3.33. The van der Waals surface area contributed by atoms with Crippen LogP contribution in [0, 0.1) is 0 Å². The molecule has 0 radical (unpaired) electrons. The summed E-state index contributed by atoms with van der Waals surface area (Å²) in [6, 6.07) is 22.0. The van der Waals surface area contributed by atoms with Crippen molar-refractivity contribution in [1.29, 1.82) is 0 Å². The molecule has 0 N–H and O–H groups in total. The molecular formula is C25H19N3O2S2. The van der Waals surface area contributed by atoms with Gasteiger partial charge in [0.05, 0.1) is 22.7 Å². The number of hydrogen-bond acceptors (Lipinski definition) is 6. The second-order valence-corrected chi connectivity index (χ2v) is 8.97. The van der Waals surface area contributed by atoms with Gasteiger partial charge in [-0.2, -0.15) is 5.10 Å². The molecule has 0 aliphatic heterocycles. The highest BCUT2D eigenvalue weighted by atomic mass is 32.1. The molecule has 158 valence electrons. The van der Waals surface area contributed by atoms with E-state index in [9.17, 15) is 4.79 Å². The molecule has 0 spiro atoms. The molecule has 0 atom stereocenters. The van der Waals surface area contributed by atoms with Gasteiger partial charge in [-0.3, -0.25) is 9.48 Å². The fourth-order valence-corrected chi connectivity index (χ4v) is 4.87. The van der Waals surface area contributed by atoms with Crippen LogP contribution in [0.25, 0.3) is 21.1 Å². The first-order valence-electron chi connectivity index (χ1n) is 10.1. The van der Waals surface area contributed by atoms with Gasteiger partial charge in [0.1, 0.15) is 23.1 Å². The minimum atomic E-state index is 0.425. The summed E-state index contributed by atoms with van der Waals surface area (Å²) in [6.45, 7) is 1.01. The van der Waals surface area contributed by atoms with Crippen molar-refractivity contribution in [3.8, 4) is 26.9 Å². The third-order valence-corrected chi connectivity index (χ3v) is 6.72. The van der Waals surface area contributed by atoms with Gasteiger partial charge < -0.3 is 4.74 Å². The van der Waals surface area contributed by atoms with Gasteiger partial charge in [0.15, 0.2) is 6.29 Å². The van der Waals surface area contributed by atoms with Crippen LogP contribution in [0.1, 0.15) is 21.6 Å². The van der Waals surface area contributed by atoms with E-state index in [2.05, 4.69) is 22.2 Å². The van der Waals surface area contributed by atoms with Crippen LogP contribution in [0.3, 0.4) is 0 Å². The zero-order chi connectivity index (χ0) is 21.8. The van der Waals surface area contributed by atoms with E-state index in [-0.39, 0.29) is 0 Å². The summed E-state index contributed by atoms with van der Waals surface area (Å²) >= 11 is 3.20. The molecule has 7 heteroatoms. The third-order valence-electron chi connectivity index (χ3n) is 4.90. The molecule has 0 unspecified atom stereocenters. The van der Waals surface area contributed by atoms with Crippen LogP contribution in [-0.4, -0.2) is 21.1 Å². The summed E-state index contributed by atoms with van der Waals surface area (Å²) in [6.07, 6.45) is 2.65. The predicted molar refractivity (Wildman–Crippen MR) is 128 cm³/mol. The number of aromatic nitrogens is 3. The SMILES string of the molecule is O=Cc1cn(Cc2ccc(OCc3csc(-c4ccccc4)n3)cc2)nc1-c1cccs1. The number of aldehydes is 1. The highest BCUT2D eigenvalue weighted by Crippen LogP contribution is 2.26. The molecule has 0 saturated heterocycles. The summed E-state index contributed by atoms with van der Waals surface area (Å²) in [5.41, 5.74) is 4.44. The standard InChI is InChI=1S/C25H19N3O2S2/c29-15-20-14-28(27-24(20)23-7-4-12-31-23)13-18-8-10-22(11-9-18)30-16-21-17-32-25(26-21)19-5-2-1-3-6-19/h1-12,14-15,17H,13,16H2. The van der Waals surface area contributed by atoms with Crippen molar-refractivity contribution >= 4 is 29.0 Å². The highest BCUT2D eigenvalue weighted by Gasteiger charge is 2.12. The molecule has 5 nitrogen and oxygen atoms in total. The minimum Gasteiger partial charge on any atom is -0.487 e. The van der Waals surface area contributed by atoms with Crippen LogP contribution in [0.15, 0.2) is 83.7 Å². The molecule has 0 aliphatic rings. The Kier molecular flexibility index (Phi) is 5.91. The zero-order valence-corrected chi connectivity index (χ0v) is 18.7. The zero-order valence-electron chi connectivity index (χ0n) is 17.0. The molecule has 2 aromatic carbocycles. The lowest BCUT2D eigenvalue weighted by Gasteiger charge is -2.06. The van der Waals surface area contributed by atoms with Gasteiger partial charge in [-0.1, -0.05) is 48.5 Å². The van der Waals surface area contributed by atoms with Crippen molar-refractivity contribution in [3.05, 3.63) is 101 Å². The number of ether oxygens (including phenoxy) is 1.